The number of rotatable bonds is 3. The van der Waals surface area contributed by atoms with E-state index < -0.39 is 6.04 Å². The molecule has 1 amide bonds. The minimum absolute atomic E-state index is 0. The summed E-state index contributed by atoms with van der Waals surface area (Å²) in [5.41, 5.74) is 5.48. The highest BCUT2D eigenvalue weighted by molar-refractivity contribution is 7.16. The summed E-state index contributed by atoms with van der Waals surface area (Å²) in [6.07, 6.45) is 0. The molecule has 6 heteroatoms. The van der Waals surface area contributed by atoms with Crippen molar-refractivity contribution >= 4 is 41.3 Å². The Labute approximate surface area is 105 Å². The van der Waals surface area contributed by atoms with Crippen molar-refractivity contribution < 1.29 is 4.79 Å². The third kappa shape index (κ3) is 4.38. The van der Waals surface area contributed by atoms with Crippen LogP contribution in [0.1, 0.15) is 11.8 Å². The van der Waals surface area contributed by atoms with E-state index in [2.05, 4.69) is 0 Å². The first-order valence-electron chi connectivity index (χ1n) is 4.25. The van der Waals surface area contributed by atoms with Crippen LogP contribution in [0.15, 0.2) is 12.1 Å². The Kier molecular flexibility index (Phi) is 6.20. The van der Waals surface area contributed by atoms with Gasteiger partial charge in [-0.05, 0) is 19.1 Å². The number of nitrogens with zero attached hydrogens (tertiary/aromatic N) is 1. The molecular weight excluding hydrogens is 255 g/mol. The first kappa shape index (κ1) is 14.7. The van der Waals surface area contributed by atoms with Gasteiger partial charge < -0.3 is 10.6 Å². The molecule has 1 heterocycles. The molecule has 0 saturated heterocycles. The number of halogens is 2. The van der Waals surface area contributed by atoms with Gasteiger partial charge in [0.15, 0.2) is 0 Å². The third-order valence-electron chi connectivity index (χ3n) is 1.79. The van der Waals surface area contributed by atoms with E-state index in [1.807, 2.05) is 12.1 Å². The molecule has 0 aliphatic rings. The zero-order valence-electron chi connectivity index (χ0n) is 8.57. The summed E-state index contributed by atoms with van der Waals surface area (Å²) in [7, 11) is 1.74. The quantitative estimate of drug-likeness (QED) is 0.913. The Balaban J connectivity index is 0.00000196. The molecule has 15 heavy (non-hydrogen) atoms. The van der Waals surface area contributed by atoms with Crippen molar-refractivity contribution in [1.29, 1.82) is 0 Å². The molecule has 0 bridgehead atoms. The summed E-state index contributed by atoms with van der Waals surface area (Å²) in [6.45, 7) is 2.25. The lowest BCUT2D eigenvalue weighted by Gasteiger charge is -2.18. The number of likely N-dealkylation sites (N-methyl/N-ethyl adjacent to an activating group) is 1. The second-order valence-electron chi connectivity index (χ2n) is 3.19. The van der Waals surface area contributed by atoms with Crippen LogP contribution in [-0.2, 0) is 11.3 Å². The zero-order valence-corrected chi connectivity index (χ0v) is 11.0. The lowest BCUT2D eigenvalue weighted by atomic mass is 10.3. The molecule has 3 nitrogen and oxygen atoms in total. The maximum atomic E-state index is 11.4. The van der Waals surface area contributed by atoms with Crippen LogP contribution in [0.2, 0.25) is 4.34 Å². The van der Waals surface area contributed by atoms with Crippen LogP contribution in [0.4, 0.5) is 0 Å². The summed E-state index contributed by atoms with van der Waals surface area (Å²) >= 11 is 7.25. The van der Waals surface area contributed by atoms with Gasteiger partial charge in [0.1, 0.15) is 0 Å². The Morgan fingerprint density at radius 3 is 2.67 bits per heavy atom. The molecule has 1 unspecified atom stereocenters. The molecule has 1 rings (SSSR count). The average molecular weight is 269 g/mol. The Bertz CT molecular complexity index is 328. The molecule has 1 aromatic rings. The molecule has 2 N–H and O–H groups in total. The minimum Gasteiger partial charge on any atom is -0.339 e. The van der Waals surface area contributed by atoms with E-state index in [0.717, 1.165) is 9.21 Å². The van der Waals surface area contributed by atoms with E-state index in [-0.39, 0.29) is 18.3 Å². The lowest BCUT2D eigenvalue weighted by Crippen LogP contribution is -2.39. The minimum atomic E-state index is -0.449. The number of amides is 1. The summed E-state index contributed by atoms with van der Waals surface area (Å²) in [5, 5.41) is 0. The van der Waals surface area contributed by atoms with E-state index in [0.29, 0.717) is 6.54 Å². The van der Waals surface area contributed by atoms with Crippen molar-refractivity contribution in [2.75, 3.05) is 7.05 Å². The van der Waals surface area contributed by atoms with E-state index in [1.165, 1.54) is 11.3 Å². The standard InChI is InChI=1S/C9H13ClN2OS.ClH/c1-6(11)9(13)12(2)5-7-3-4-8(10)14-7;/h3-4,6H,5,11H2,1-2H3;1H. The highest BCUT2D eigenvalue weighted by Gasteiger charge is 2.13. The number of carbonyl (C=O) groups excluding carboxylic acids is 1. The van der Waals surface area contributed by atoms with E-state index >= 15 is 0 Å². The normalized spacial score (nSPS) is 11.7. The van der Waals surface area contributed by atoms with Crippen LogP contribution < -0.4 is 5.73 Å². The van der Waals surface area contributed by atoms with Gasteiger partial charge in [-0.1, -0.05) is 11.6 Å². The molecule has 1 atom stereocenters. The highest BCUT2D eigenvalue weighted by Crippen LogP contribution is 2.22. The number of carbonyl (C=O) groups is 1. The van der Waals surface area contributed by atoms with Gasteiger partial charge in [0, 0.05) is 11.9 Å². The fourth-order valence-electron chi connectivity index (χ4n) is 1.10. The zero-order chi connectivity index (χ0) is 10.7. The Hall–Kier alpha value is -0.290. The third-order valence-corrected chi connectivity index (χ3v) is 3.00. The number of hydrogen-bond donors (Lipinski definition) is 1. The highest BCUT2D eigenvalue weighted by atomic mass is 35.5. The summed E-state index contributed by atoms with van der Waals surface area (Å²) in [5.74, 6) is -0.0606. The van der Waals surface area contributed by atoms with Gasteiger partial charge in [-0.15, -0.1) is 23.7 Å². The van der Waals surface area contributed by atoms with Crippen LogP contribution in [0, 0.1) is 0 Å². The molecule has 86 valence electrons. The van der Waals surface area contributed by atoms with Gasteiger partial charge >= 0.3 is 0 Å². The monoisotopic (exact) mass is 268 g/mol. The van der Waals surface area contributed by atoms with Crippen molar-refractivity contribution in [3.63, 3.8) is 0 Å². The Morgan fingerprint density at radius 2 is 2.27 bits per heavy atom. The van der Waals surface area contributed by atoms with Crippen LogP contribution >= 0.6 is 35.3 Å². The average Bonchev–Trinajstić information content (AvgIpc) is 2.49. The predicted molar refractivity (Wildman–Crippen MR) is 66.7 cm³/mol. The van der Waals surface area contributed by atoms with Crippen molar-refractivity contribution in [2.24, 2.45) is 5.73 Å². The van der Waals surface area contributed by atoms with Gasteiger partial charge in [-0.25, -0.2) is 0 Å². The lowest BCUT2D eigenvalue weighted by molar-refractivity contribution is -0.131. The van der Waals surface area contributed by atoms with E-state index in [1.54, 1.807) is 18.9 Å². The topological polar surface area (TPSA) is 46.3 Å². The Morgan fingerprint density at radius 1 is 1.67 bits per heavy atom. The van der Waals surface area contributed by atoms with Crippen molar-refractivity contribution in [3.05, 3.63) is 21.3 Å². The van der Waals surface area contributed by atoms with Gasteiger partial charge in [0.2, 0.25) is 5.91 Å². The molecule has 0 saturated carbocycles. The van der Waals surface area contributed by atoms with Gasteiger partial charge in [-0.3, -0.25) is 4.79 Å². The number of hydrogen-bond acceptors (Lipinski definition) is 3. The van der Waals surface area contributed by atoms with Gasteiger partial charge in [0.25, 0.3) is 0 Å². The smallest absolute Gasteiger partial charge is 0.239 e. The van der Waals surface area contributed by atoms with Crippen LogP contribution in [0.5, 0.6) is 0 Å². The SMILES string of the molecule is CC(N)C(=O)N(C)Cc1ccc(Cl)s1.Cl. The molecular formula is C9H14Cl2N2OS. The van der Waals surface area contributed by atoms with Crippen LogP contribution in [0.3, 0.4) is 0 Å². The second kappa shape index (κ2) is 6.33. The summed E-state index contributed by atoms with van der Waals surface area (Å²) in [4.78, 5) is 14.1. The maximum absolute atomic E-state index is 11.4. The molecule has 0 aliphatic carbocycles. The first-order valence-corrected chi connectivity index (χ1v) is 5.45. The summed E-state index contributed by atoms with van der Waals surface area (Å²) in [6, 6.07) is 3.29. The van der Waals surface area contributed by atoms with E-state index in [4.69, 9.17) is 17.3 Å². The number of thiophene rings is 1. The van der Waals surface area contributed by atoms with Crippen molar-refractivity contribution in [3.8, 4) is 0 Å². The summed E-state index contributed by atoms with van der Waals surface area (Å²) < 4.78 is 0.738. The van der Waals surface area contributed by atoms with Crippen molar-refractivity contribution in [2.45, 2.75) is 19.5 Å². The fraction of sp³-hybridized carbons (Fsp3) is 0.444. The van der Waals surface area contributed by atoms with Crippen LogP contribution in [-0.4, -0.2) is 23.9 Å². The van der Waals surface area contributed by atoms with Gasteiger partial charge in [-0.2, -0.15) is 0 Å². The number of nitrogens with two attached hydrogens (primary N) is 1. The molecule has 0 radical (unpaired) electrons. The van der Waals surface area contributed by atoms with Crippen LogP contribution in [0.25, 0.3) is 0 Å². The van der Waals surface area contributed by atoms with Crippen molar-refractivity contribution in [1.82, 2.24) is 4.90 Å². The first-order chi connectivity index (χ1) is 6.50. The van der Waals surface area contributed by atoms with E-state index in [9.17, 15) is 4.79 Å². The largest absolute Gasteiger partial charge is 0.339 e. The van der Waals surface area contributed by atoms with Gasteiger partial charge in [0.05, 0.1) is 16.9 Å². The molecule has 0 aromatic carbocycles. The molecule has 0 aliphatic heterocycles. The second-order valence-corrected chi connectivity index (χ2v) is 4.99. The predicted octanol–water partition coefficient (Wildman–Crippen LogP) is 2.13. The molecule has 0 fully saturated rings. The molecule has 0 spiro atoms. The maximum Gasteiger partial charge on any atom is 0.239 e. The fourth-order valence-corrected chi connectivity index (χ4v) is 2.24. The molecule has 1 aromatic heterocycles.